The first kappa shape index (κ1) is 19.0. The zero-order valence-electron chi connectivity index (χ0n) is 13.3. The number of urea groups is 1. The van der Waals surface area contributed by atoms with E-state index in [-0.39, 0.29) is 44.5 Å². The zero-order chi connectivity index (χ0) is 18.7. The van der Waals surface area contributed by atoms with Crippen LogP contribution in [0.1, 0.15) is 30.4 Å². The molecule has 0 atom stereocenters. The SMILES string of the molecule is O=C(O)CCNC(=O)N1CCC(O)(c2ccccc2C(F)(F)F)CC1. The van der Waals surface area contributed by atoms with Crippen molar-refractivity contribution in [2.24, 2.45) is 0 Å². The molecule has 0 aliphatic carbocycles. The quantitative estimate of drug-likeness (QED) is 0.768. The Balaban J connectivity index is 2.04. The van der Waals surface area contributed by atoms with Crippen LogP contribution in [0.3, 0.4) is 0 Å². The lowest BCUT2D eigenvalue weighted by Gasteiger charge is -2.39. The van der Waals surface area contributed by atoms with E-state index in [2.05, 4.69) is 5.32 Å². The molecule has 0 spiro atoms. The second kappa shape index (κ2) is 7.30. The van der Waals surface area contributed by atoms with E-state index in [0.29, 0.717) is 0 Å². The maximum atomic E-state index is 13.1. The smallest absolute Gasteiger partial charge is 0.416 e. The number of amides is 2. The van der Waals surface area contributed by atoms with E-state index in [4.69, 9.17) is 5.11 Å². The molecule has 2 rings (SSSR count). The summed E-state index contributed by atoms with van der Waals surface area (Å²) in [6.07, 6.45) is -4.86. The largest absolute Gasteiger partial charge is 0.481 e. The molecule has 1 aliphatic rings. The highest BCUT2D eigenvalue weighted by atomic mass is 19.4. The Morgan fingerprint density at radius 1 is 1.20 bits per heavy atom. The Kier molecular flexibility index (Phi) is 5.56. The number of halogens is 3. The number of likely N-dealkylation sites (tertiary alicyclic amines) is 1. The molecule has 2 amide bonds. The summed E-state index contributed by atoms with van der Waals surface area (Å²) in [5.41, 5.74) is -2.73. The van der Waals surface area contributed by atoms with Gasteiger partial charge in [-0.3, -0.25) is 4.79 Å². The topological polar surface area (TPSA) is 89.9 Å². The summed E-state index contributed by atoms with van der Waals surface area (Å²) in [5.74, 6) is -1.04. The summed E-state index contributed by atoms with van der Waals surface area (Å²) < 4.78 is 39.4. The predicted molar refractivity (Wildman–Crippen MR) is 81.8 cm³/mol. The maximum absolute atomic E-state index is 13.1. The van der Waals surface area contributed by atoms with Gasteiger partial charge in [-0.2, -0.15) is 13.2 Å². The van der Waals surface area contributed by atoms with Crippen molar-refractivity contribution >= 4 is 12.0 Å². The molecule has 1 aromatic rings. The van der Waals surface area contributed by atoms with Crippen LogP contribution in [0.15, 0.2) is 24.3 Å². The van der Waals surface area contributed by atoms with Gasteiger partial charge in [0.15, 0.2) is 0 Å². The van der Waals surface area contributed by atoms with Gasteiger partial charge < -0.3 is 20.4 Å². The van der Waals surface area contributed by atoms with Crippen molar-refractivity contribution in [3.8, 4) is 0 Å². The van der Waals surface area contributed by atoms with Gasteiger partial charge in [0, 0.05) is 19.6 Å². The summed E-state index contributed by atoms with van der Waals surface area (Å²) in [7, 11) is 0. The zero-order valence-corrected chi connectivity index (χ0v) is 13.3. The predicted octanol–water partition coefficient (Wildman–Crippen LogP) is 2.17. The average molecular weight is 360 g/mol. The van der Waals surface area contributed by atoms with Gasteiger partial charge in [-0.15, -0.1) is 0 Å². The third kappa shape index (κ3) is 4.62. The lowest BCUT2D eigenvalue weighted by molar-refractivity contribution is -0.141. The van der Waals surface area contributed by atoms with Gasteiger partial charge in [0.25, 0.3) is 0 Å². The van der Waals surface area contributed by atoms with Crippen LogP contribution in [-0.2, 0) is 16.6 Å². The number of carboxylic acids is 1. The number of aliphatic carboxylic acids is 1. The fourth-order valence-corrected chi connectivity index (χ4v) is 2.87. The first-order chi connectivity index (χ1) is 11.6. The summed E-state index contributed by atoms with van der Waals surface area (Å²) in [4.78, 5) is 23.7. The number of alkyl halides is 3. The number of carbonyl (C=O) groups is 2. The maximum Gasteiger partial charge on any atom is 0.416 e. The Bertz CT molecular complexity index is 641. The minimum atomic E-state index is -4.57. The van der Waals surface area contributed by atoms with Crippen LogP contribution in [0.5, 0.6) is 0 Å². The second-order valence-electron chi connectivity index (χ2n) is 5.94. The van der Waals surface area contributed by atoms with E-state index in [1.807, 2.05) is 0 Å². The molecule has 0 saturated carbocycles. The highest BCUT2D eigenvalue weighted by Crippen LogP contribution is 2.41. The number of benzene rings is 1. The standard InChI is InChI=1S/C16H19F3N2O4/c17-16(18,19)12-4-2-1-3-11(12)15(25)6-9-21(10-7-15)14(24)20-8-5-13(22)23/h1-4,25H,5-10H2,(H,20,24)(H,22,23). The van der Waals surface area contributed by atoms with E-state index >= 15 is 0 Å². The van der Waals surface area contributed by atoms with E-state index in [1.165, 1.54) is 23.1 Å². The number of aliphatic hydroxyl groups is 1. The lowest BCUT2D eigenvalue weighted by Crippen LogP contribution is -2.49. The van der Waals surface area contributed by atoms with E-state index in [1.54, 1.807) is 0 Å². The fraction of sp³-hybridized carbons (Fsp3) is 0.500. The molecule has 6 nitrogen and oxygen atoms in total. The van der Waals surface area contributed by atoms with E-state index in [9.17, 15) is 27.9 Å². The summed E-state index contributed by atoms with van der Waals surface area (Å²) in [6, 6.07) is 4.39. The van der Waals surface area contributed by atoms with Crippen molar-refractivity contribution in [1.82, 2.24) is 10.2 Å². The van der Waals surface area contributed by atoms with Crippen molar-refractivity contribution in [2.75, 3.05) is 19.6 Å². The third-order valence-electron chi connectivity index (χ3n) is 4.23. The lowest BCUT2D eigenvalue weighted by atomic mass is 9.82. The molecule has 0 unspecified atom stereocenters. The van der Waals surface area contributed by atoms with Crippen molar-refractivity contribution < 1.29 is 33.0 Å². The molecular formula is C16H19F3N2O4. The van der Waals surface area contributed by atoms with Gasteiger partial charge in [-0.1, -0.05) is 18.2 Å². The number of nitrogens with zero attached hydrogens (tertiary/aromatic N) is 1. The van der Waals surface area contributed by atoms with Crippen LogP contribution in [0.2, 0.25) is 0 Å². The number of carbonyl (C=O) groups excluding carboxylic acids is 1. The molecule has 1 heterocycles. The highest BCUT2D eigenvalue weighted by Gasteiger charge is 2.42. The Morgan fingerprint density at radius 3 is 2.36 bits per heavy atom. The number of hydrogen-bond donors (Lipinski definition) is 3. The second-order valence-corrected chi connectivity index (χ2v) is 5.94. The van der Waals surface area contributed by atoms with Gasteiger partial charge in [0.05, 0.1) is 17.6 Å². The summed E-state index contributed by atoms with van der Waals surface area (Å²) >= 11 is 0. The Labute approximate surface area is 142 Å². The van der Waals surface area contributed by atoms with Crippen molar-refractivity contribution in [1.29, 1.82) is 0 Å². The van der Waals surface area contributed by atoms with Gasteiger partial charge in [-0.05, 0) is 24.5 Å². The monoisotopic (exact) mass is 360 g/mol. The number of rotatable bonds is 4. The van der Waals surface area contributed by atoms with Crippen molar-refractivity contribution in [3.63, 3.8) is 0 Å². The minimum absolute atomic E-state index is 0.0353. The molecule has 1 aliphatic heterocycles. The van der Waals surface area contributed by atoms with Gasteiger partial charge in [0.2, 0.25) is 0 Å². The first-order valence-corrected chi connectivity index (χ1v) is 7.77. The summed E-state index contributed by atoms with van der Waals surface area (Å²) in [5, 5.41) is 21.7. The third-order valence-corrected chi connectivity index (χ3v) is 4.23. The molecule has 0 aromatic heterocycles. The van der Waals surface area contributed by atoms with Crippen LogP contribution in [0.25, 0.3) is 0 Å². The Morgan fingerprint density at radius 2 is 1.80 bits per heavy atom. The molecule has 3 N–H and O–H groups in total. The normalized spacial score (nSPS) is 17.2. The minimum Gasteiger partial charge on any atom is -0.481 e. The van der Waals surface area contributed by atoms with Gasteiger partial charge >= 0.3 is 18.2 Å². The van der Waals surface area contributed by atoms with E-state index in [0.717, 1.165) is 6.07 Å². The van der Waals surface area contributed by atoms with Crippen LogP contribution in [-0.4, -0.2) is 46.7 Å². The molecule has 9 heteroatoms. The van der Waals surface area contributed by atoms with Crippen LogP contribution >= 0.6 is 0 Å². The van der Waals surface area contributed by atoms with Crippen LogP contribution < -0.4 is 5.32 Å². The van der Waals surface area contributed by atoms with Crippen LogP contribution in [0.4, 0.5) is 18.0 Å². The van der Waals surface area contributed by atoms with Gasteiger partial charge in [0.1, 0.15) is 0 Å². The fourth-order valence-electron chi connectivity index (χ4n) is 2.87. The number of nitrogens with one attached hydrogen (secondary N) is 1. The van der Waals surface area contributed by atoms with Crippen molar-refractivity contribution in [2.45, 2.75) is 31.0 Å². The number of piperidine rings is 1. The first-order valence-electron chi connectivity index (χ1n) is 7.77. The van der Waals surface area contributed by atoms with E-state index < -0.39 is 29.3 Å². The van der Waals surface area contributed by atoms with Crippen molar-refractivity contribution in [3.05, 3.63) is 35.4 Å². The molecule has 0 radical (unpaired) electrons. The number of hydrogen-bond acceptors (Lipinski definition) is 3. The highest BCUT2D eigenvalue weighted by molar-refractivity contribution is 5.75. The van der Waals surface area contributed by atoms with Gasteiger partial charge in [-0.25, -0.2) is 4.79 Å². The Hall–Kier alpha value is -2.29. The molecule has 25 heavy (non-hydrogen) atoms. The molecular weight excluding hydrogens is 341 g/mol. The molecule has 138 valence electrons. The molecule has 1 aromatic carbocycles. The average Bonchev–Trinajstić information content (AvgIpc) is 2.54. The molecule has 1 saturated heterocycles. The number of carboxylic acid groups (broad SMARTS) is 1. The summed E-state index contributed by atoms with van der Waals surface area (Å²) in [6.45, 7) is 0.106. The van der Waals surface area contributed by atoms with Crippen LogP contribution in [0, 0.1) is 0 Å². The molecule has 1 fully saturated rings. The molecule has 0 bridgehead atoms.